The van der Waals surface area contributed by atoms with Gasteiger partial charge in [0.15, 0.2) is 0 Å². The largest absolute Gasteiger partial charge is 0.507 e. The molecule has 0 saturated heterocycles. The SMILES string of the molecule is C=C[C@H]([C@H](O)CC/C(=C/c1ccccc1O)CCC)[C@H](O)c1ccco1. The quantitative estimate of drug-likeness (QED) is 0.532. The third-order valence-corrected chi connectivity index (χ3v) is 4.54. The van der Waals surface area contributed by atoms with E-state index < -0.39 is 18.1 Å². The zero-order valence-electron chi connectivity index (χ0n) is 15.2. The Hall–Kier alpha value is -2.30. The predicted octanol–water partition coefficient (Wildman–Crippen LogP) is 4.85. The molecule has 0 unspecified atom stereocenters. The molecule has 0 bridgehead atoms. The van der Waals surface area contributed by atoms with Crippen molar-refractivity contribution in [3.63, 3.8) is 0 Å². The van der Waals surface area contributed by atoms with E-state index >= 15 is 0 Å². The average molecular weight is 356 g/mol. The van der Waals surface area contributed by atoms with Crippen LogP contribution in [-0.4, -0.2) is 21.4 Å². The van der Waals surface area contributed by atoms with Crippen LogP contribution >= 0.6 is 0 Å². The minimum absolute atomic E-state index is 0.249. The highest BCUT2D eigenvalue weighted by atomic mass is 16.4. The first-order valence-electron chi connectivity index (χ1n) is 9.06. The van der Waals surface area contributed by atoms with Gasteiger partial charge in [0.25, 0.3) is 0 Å². The summed E-state index contributed by atoms with van der Waals surface area (Å²) in [5, 5.41) is 30.9. The third kappa shape index (κ3) is 5.35. The van der Waals surface area contributed by atoms with Crippen molar-refractivity contribution in [2.45, 2.75) is 44.8 Å². The summed E-state index contributed by atoms with van der Waals surface area (Å²) in [6.45, 7) is 5.85. The summed E-state index contributed by atoms with van der Waals surface area (Å²) in [5.74, 6) is 0.167. The molecule has 0 aliphatic carbocycles. The van der Waals surface area contributed by atoms with Crippen LogP contribution in [0.25, 0.3) is 6.08 Å². The van der Waals surface area contributed by atoms with Crippen molar-refractivity contribution in [1.29, 1.82) is 0 Å². The number of furan rings is 1. The van der Waals surface area contributed by atoms with E-state index in [9.17, 15) is 15.3 Å². The molecular weight excluding hydrogens is 328 g/mol. The first-order chi connectivity index (χ1) is 12.6. The Labute approximate surface area is 155 Å². The van der Waals surface area contributed by atoms with E-state index in [1.54, 1.807) is 30.3 Å². The van der Waals surface area contributed by atoms with E-state index in [0.717, 1.165) is 24.0 Å². The molecule has 3 N–H and O–H groups in total. The molecule has 0 radical (unpaired) electrons. The molecule has 4 nitrogen and oxygen atoms in total. The van der Waals surface area contributed by atoms with Crippen molar-refractivity contribution in [1.82, 2.24) is 0 Å². The summed E-state index contributed by atoms with van der Waals surface area (Å²) >= 11 is 0. The predicted molar refractivity (Wildman–Crippen MR) is 104 cm³/mol. The maximum Gasteiger partial charge on any atom is 0.132 e. The number of aromatic hydroxyl groups is 1. The van der Waals surface area contributed by atoms with E-state index in [0.29, 0.717) is 18.6 Å². The standard InChI is InChI=1S/C22H28O4/c1-3-8-16(15-17-9-5-6-10-19(17)23)12-13-20(24)18(4-2)22(25)21-11-7-14-26-21/h4-7,9-11,14-15,18,20,22-25H,2-3,8,12-13H2,1H3/b16-15+/t18-,20-,22+/m1/s1. The number of hydrogen-bond donors (Lipinski definition) is 3. The number of allylic oxidation sites excluding steroid dienone is 1. The molecule has 0 saturated carbocycles. The van der Waals surface area contributed by atoms with Crippen molar-refractivity contribution >= 4 is 6.08 Å². The fourth-order valence-electron chi connectivity index (χ4n) is 3.09. The van der Waals surface area contributed by atoms with Crippen molar-refractivity contribution < 1.29 is 19.7 Å². The van der Waals surface area contributed by atoms with Crippen LogP contribution in [0.15, 0.2) is 65.3 Å². The Morgan fingerprint density at radius 3 is 2.54 bits per heavy atom. The molecule has 0 aliphatic heterocycles. The van der Waals surface area contributed by atoms with E-state index in [-0.39, 0.29) is 5.75 Å². The molecule has 0 amide bonds. The monoisotopic (exact) mass is 356 g/mol. The molecule has 3 atom stereocenters. The molecule has 0 fully saturated rings. The second kappa shape index (κ2) is 10.00. The molecule has 26 heavy (non-hydrogen) atoms. The molecule has 1 aromatic carbocycles. The second-order valence-electron chi connectivity index (χ2n) is 6.49. The second-order valence-corrected chi connectivity index (χ2v) is 6.49. The highest BCUT2D eigenvalue weighted by Crippen LogP contribution is 2.30. The van der Waals surface area contributed by atoms with Crippen LogP contribution < -0.4 is 0 Å². The topological polar surface area (TPSA) is 73.8 Å². The Morgan fingerprint density at radius 1 is 1.15 bits per heavy atom. The van der Waals surface area contributed by atoms with Crippen LogP contribution in [0.4, 0.5) is 0 Å². The van der Waals surface area contributed by atoms with Crippen LogP contribution in [-0.2, 0) is 0 Å². The van der Waals surface area contributed by atoms with Gasteiger partial charge in [-0.2, -0.15) is 0 Å². The van der Waals surface area contributed by atoms with Gasteiger partial charge in [-0.1, -0.05) is 49.3 Å². The van der Waals surface area contributed by atoms with Crippen LogP contribution in [0.3, 0.4) is 0 Å². The number of benzene rings is 1. The Balaban J connectivity index is 2.05. The molecule has 2 aromatic rings. The van der Waals surface area contributed by atoms with Gasteiger partial charge in [-0.15, -0.1) is 6.58 Å². The zero-order valence-corrected chi connectivity index (χ0v) is 15.2. The van der Waals surface area contributed by atoms with Gasteiger partial charge in [0.2, 0.25) is 0 Å². The summed E-state index contributed by atoms with van der Waals surface area (Å²) in [6, 6.07) is 10.6. The number of aliphatic hydroxyl groups excluding tert-OH is 2. The van der Waals surface area contributed by atoms with Crippen molar-refractivity contribution in [3.05, 3.63) is 72.2 Å². The number of para-hydroxylation sites is 1. The van der Waals surface area contributed by atoms with Gasteiger partial charge in [-0.05, 0) is 37.5 Å². The fraction of sp³-hybridized carbons (Fsp3) is 0.364. The summed E-state index contributed by atoms with van der Waals surface area (Å²) in [4.78, 5) is 0. The molecular formula is C22H28O4. The number of rotatable bonds is 10. The lowest BCUT2D eigenvalue weighted by molar-refractivity contribution is 0.0207. The highest BCUT2D eigenvalue weighted by molar-refractivity contribution is 5.59. The summed E-state index contributed by atoms with van der Waals surface area (Å²) < 4.78 is 5.24. The molecule has 0 spiro atoms. The van der Waals surface area contributed by atoms with Gasteiger partial charge in [-0.3, -0.25) is 0 Å². The first kappa shape index (κ1) is 20.0. The maximum absolute atomic E-state index is 10.6. The van der Waals surface area contributed by atoms with E-state index in [1.165, 1.54) is 6.26 Å². The van der Waals surface area contributed by atoms with Gasteiger partial charge >= 0.3 is 0 Å². The molecule has 1 heterocycles. The van der Waals surface area contributed by atoms with Gasteiger partial charge in [0, 0.05) is 11.5 Å². The van der Waals surface area contributed by atoms with Crippen LogP contribution in [0.2, 0.25) is 0 Å². The van der Waals surface area contributed by atoms with Gasteiger partial charge in [0.1, 0.15) is 17.6 Å². The summed E-state index contributed by atoms with van der Waals surface area (Å²) in [7, 11) is 0. The van der Waals surface area contributed by atoms with Gasteiger partial charge < -0.3 is 19.7 Å². The fourth-order valence-corrected chi connectivity index (χ4v) is 3.09. The van der Waals surface area contributed by atoms with E-state index in [2.05, 4.69) is 13.5 Å². The average Bonchev–Trinajstić information content (AvgIpc) is 3.17. The molecule has 2 rings (SSSR count). The molecule has 140 valence electrons. The number of phenols is 1. The molecule has 4 heteroatoms. The smallest absolute Gasteiger partial charge is 0.132 e. The normalized spacial score (nSPS) is 15.4. The first-order valence-corrected chi connectivity index (χ1v) is 9.06. The molecule has 1 aromatic heterocycles. The minimum Gasteiger partial charge on any atom is -0.507 e. The van der Waals surface area contributed by atoms with Gasteiger partial charge in [-0.25, -0.2) is 0 Å². The summed E-state index contributed by atoms with van der Waals surface area (Å²) in [5.41, 5.74) is 1.93. The highest BCUT2D eigenvalue weighted by Gasteiger charge is 2.27. The third-order valence-electron chi connectivity index (χ3n) is 4.54. The maximum atomic E-state index is 10.6. The number of hydrogen-bond acceptors (Lipinski definition) is 4. The van der Waals surface area contributed by atoms with Crippen molar-refractivity contribution in [2.24, 2.45) is 5.92 Å². The van der Waals surface area contributed by atoms with E-state index in [1.807, 2.05) is 18.2 Å². The number of phenolic OH excluding ortho intramolecular Hbond substituents is 1. The van der Waals surface area contributed by atoms with Crippen LogP contribution in [0, 0.1) is 5.92 Å². The van der Waals surface area contributed by atoms with Crippen molar-refractivity contribution in [2.75, 3.05) is 0 Å². The Bertz CT molecular complexity index is 703. The number of aliphatic hydroxyl groups is 2. The van der Waals surface area contributed by atoms with Crippen LogP contribution in [0.5, 0.6) is 5.75 Å². The lowest BCUT2D eigenvalue weighted by Crippen LogP contribution is -2.25. The lowest BCUT2D eigenvalue weighted by atomic mass is 9.89. The Morgan fingerprint density at radius 2 is 1.92 bits per heavy atom. The minimum atomic E-state index is -0.922. The van der Waals surface area contributed by atoms with Crippen molar-refractivity contribution in [3.8, 4) is 5.75 Å². The lowest BCUT2D eigenvalue weighted by Gasteiger charge is -2.24. The zero-order chi connectivity index (χ0) is 18.9. The summed E-state index contributed by atoms with van der Waals surface area (Å²) in [6.07, 6.45) is 6.44. The Kier molecular flexibility index (Phi) is 7.70. The van der Waals surface area contributed by atoms with E-state index in [4.69, 9.17) is 4.42 Å². The molecule has 0 aliphatic rings. The van der Waals surface area contributed by atoms with Gasteiger partial charge in [0.05, 0.1) is 12.4 Å². The van der Waals surface area contributed by atoms with Crippen LogP contribution in [0.1, 0.15) is 50.0 Å².